The van der Waals surface area contributed by atoms with Gasteiger partial charge in [0.2, 0.25) is 11.1 Å². The van der Waals surface area contributed by atoms with E-state index in [1.807, 2.05) is 41.3 Å². The molecule has 150 valence electrons. The van der Waals surface area contributed by atoms with Crippen molar-refractivity contribution in [2.75, 3.05) is 32.1 Å². The second-order valence-corrected chi connectivity index (χ2v) is 8.47. The van der Waals surface area contributed by atoms with E-state index in [-0.39, 0.29) is 17.4 Å². The second kappa shape index (κ2) is 9.29. The molecule has 1 aliphatic rings. The van der Waals surface area contributed by atoms with Crippen LogP contribution in [0.4, 0.5) is 0 Å². The summed E-state index contributed by atoms with van der Waals surface area (Å²) >= 11 is 2.66. The summed E-state index contributed by atoms with van der Waals surface area (Å²) in [5.74, 6) is 0.295. The number of Topliss-reactive ketones (excluding diaryl/α,β-unsaturated/α-hetero) is 1. The molecule has 0 atom stereocenters. The number of rotatable bonds is 7. The lowest BCUT2D eigenvalue weighted by Gasteiger charge is -2.26. The van der Waals surface area contributed by atoms with Crippen LogP contribution in [0.15, 0.2) is 47.6 Å². The van der Waals surface area contributed by atoms with Gasteiger partial charge in [0.05, 0.1) is 36.0 Å². The largest absolute Gasteiger partial charge is 0.378 e. The van der Waals surface area contributed by atoms with Crippen molar-refractivity contribution in [3.8, 4) is 5.69 Å². The SMILES string of the molecule is O=C(CSc1nnnn1-c1ccccc1)c1ccc(CC(=O)N2CCOCC2)s1. The van der Waals surface area contributed by atoms with E-state index >= 15 is 0 Å². The standard InChI is InChI=1S/C19H19N5O3S2/c25-16(13-28-19-20-21-22-24(19)14-4-2-1-3-5-14)17-7-6-15(29-17)12-18(26)23-8-10-27-11-9-23/h1-7H,8-13H2. The Labute approximate surface area is 175 Å². The number of carbonyl (C=O) groups excluding carboxylic acids is 2. The molecular formula is C19H19N5O3S2. The minimum absolute atomic E-state index is 0.00677. The van der Waals surface area contributed by atoms with Gasteiger partial charge in [-0.2, -0.15) is 4.68 Å². The van der Waals surface area contributed by atoms with Crippen molar-refractivity contribution in [3.63, 3.8) is 0 Å². The van der Waals surface area contributed by atoms with Gasteiger partial charge in [-0.1, -0.05) is 30.0 Å². The number of thioether (sulfide) groups is 1. The van der Waals surface area contributed by atoms with E-state index in [2.05, 4.69) is 15.5 Å². The van der Waals surface area contributed by atoms with Crippen LogP contribution in [0.2, 0.25) is 0 Å². The zero-order valence-corrected chi connectivity index (χ0v) is 17.2. The number of amides is 1. The summed E-state index contributed by atoms with van der Waals surface area (Å²) in [4.78, 5) is 28.3. The fourth-order valence-electron chi connectivity index (χ4n) is 2.90. The molecule has 3 heterocycles. The summed E-state index contributed by atoms with van der Waals surface area (Å²) in [6.45, 7) is 2.42. The summed E-state index contributed by atoms with van der Waals surface area (Å²) in [7, 11) is 0. The third-order valence-corrected chi connectivity index (χ3v) is 6.45. The van der Waals surface area contributed by atoms with Gasteiger partial charge in [-0.15, -0.1) is 16.4 Å². The molecule has 0 N–H and O–H groups in total. The number of morpholine rings is 1. The van der Waals surface area contributed by atoms with Gasteiger partial charge in [-0.05, 0) is 34.7 Å². The fraction of sp³-hybridized carbons (Fsp3) is 0.316. The number of ketones is 1. The first-order valence-electron chi connectivity index (χ1n) is 9.15. The van der Waals surface area contributed by atoms with E-state index in [9.17, 15) is 9.59 Å². The lowest BCUT2D eigenvalue weighted by atomic mass is 10.3. The third-order valence-electron chi connectivity index (χ3n) is 4.40. The Morgan fingerprint density at radius 3 is 2.69 bits per heavy atom. The molecule has 0 aliphatic carbocycles. The maximum atomic E-state index is 12.6. The number of thiophene rings is 1. The first kappa shape index (κ1) is 19.7. The van der Waals surface area contributed by atoms with E-state index in [0.717, 1.165) is 10.6 Å². The molecule has 2 aromatic heterocycles. The Morgan fingerprint density at radius 1 is 1.10 bits per heavy atom. The average Bonchev–Trinajstić information content (AvgIpc) is 3.43. The highest BCUT2D eigenvalue weighted by Crippen LogP contribution is 2.23. The monoisotopic (exact) mass is 429 g/mol. The van der Waals surface area contributed by atoms with Gasteiger partial charge in [0.15, 0.2) is 5.78 Å². The van der Waals surface area contributed by atoms with Crippen LogP contribution in [-0.2, 0) is 16.0 Å². The summed E-state index contributed by atoms with van der Waals surface area (Å²) in [6.07, 6.45) is 0.317. The van der Waals surface area contributed by atoms with E-state index in [0.29, 0.717) is 42.8 Å². The third kappa shape index (κ3) is 4.89. The van der Waals surface area contributed by atoms with Gasteiger partial charge in [0.1, 0.15) is 0 Å². The topological polar surface area (TPSA) is 90.2 Å². The smallest absolute Gasteiger partial charge is 0.227 e. The fourth-order valence-corrected chi connectivity index (χ4v) is 4.70. The number of hydrogen-bond acceptors (Lipinski definition) is 8. The van der Waals surface area contributed by atoms with Crippen LogP contribution >= 0.6 is 23.1 Å². The van der Waals surface area contributed by atoms with Crippen LogP contribution in [0.3, 0.4) is 0 Å². The highest BCUT2D eigenvalue weighted by atomic mass is 32.2. The molecule has 0 unspecified atom stereocenters. The molecular weight excluding hydrogens is 410 g/mol. The van der Waals surface area contributed by atoms with E-state index in [1.54, 1.807) is 10.7 Å². The number of para-hydroxylation sites is 1. The highest BCUT2D eigenvalue weighted by molar-refractivity contribution is 7.99. The van der Waals surface area contributed by atoms with E-state index in [4.69, 9.17) is 4.74 Å². The molecule has 1 aliphatic heterocycles. The van der Waals surface area contributed by atoms with E-state index in [1.165, 1.54) is 23.1 Å². The van der Waals surface area contributed by atoms with Crippen LogP contribution in [-0.4, -0.2) is 68.9 Å². The summed E-state index contributed by atoms with van der Waals surface area (Å²) in [6, 6.07) is 13.2. The van der Waals surface area contributed by atoms with Crippen molar-refractivity contribution in [1.29, 1.82) is 0 Å². The average molecular weight is 430 g/mol. The molecule has 0 saturated carbocycles. The summed E-state index contributed by atoms with van der Waals surface area (Å²) in [5.41, 5.74) is 0.840. The predicted molar refractivity (Wildman–Crippen MR) is 110 cm³/mol. The van der Waals surface area contributed by atoms with Crippen LogP contribution < -0.4 is 0 Å². The number of nitrogens with zero attached hydrogens (tertiary/aromatic N) is 5. The number of hydrogen-bond donors (Lipinski definition) is 0. The number of aromatic nitrogens is 4. The quantitative estimate of drug-likeness (QED) is 0.420. The van der Waals surface area contributed by atoms with Gasteiger partial charge in [-0.25, -0.2) is 0 Å². The van der Waals surface area contributed by atoms with Crippen LogP contribution in [0.1, 0.15) is 14.5 Å². The van der Waals surface area contributed by atoms with Crippen LogP contribution in [0.5, 0.6) is 0 Å². The van der Waals surface area contributed by atoms with Gasteiger partial charge in [-0.3, -0.25) is 9.59 Å². The van der Waals surface area contributed by atoms with Crippen molar-refractivity contribution < 1.29 is 14.3 Å². The molecule has 1 fully saturated rings. The molecule has 8 nitrogen and oxygen atoms in total. The van der Waals surface area contributed by atoms with Gasteiger partial charge < -0.3 is 9.64 Å². The van der Waals surface area contributed by atoms with Crippen molar-refractivity contribution in [2.45, 2.75) is 11.6 Å². The first-order valence-corrected chi connectivity index (χ1v) is 10.9. The zero-order chi connectivity index (χ0) is 20.1. The number of benzene rings is 1. The van der Waals surface area contributed by atoms with Crippen molar-refractivity contribution in [2.24, 2.45) is 0 Å². The summed E-state index contributed by atoms with van der Waals surface area (Å²) in [5, 5.41) is 12.3. The molecule has 0 radical (unpaired) electrons. The van der Waals surface area contributed by atoms with Crippen LogP contribution in [0.25, 0.3) is 5.69 Å². The Bertz CT molecular complexity index is 983. The Kier molecular flexibility index (Phi) is 6.33. The summed E-state index contributed by atoms with van der Waals surface area (Å²) < 4.78 is 6.89. The van der Waals surface area contributed by atoms with Crippen LogP contribution in [0, 0.1) is 0 Å². The first-order chi connectivity index (χ1) is 14.2. The van der Waals surface area contributed by atoms with Gasteiger partial charge in [0, 0.05) is 18.0 Å². The van der Waals surface area contributed by atoms with Crippen molar-refractivity contribution in [3.05, 3.63) is 52.2 Å². The molecule has 1 saturated heterocycles. The van der Waals surface area contributed by atoms with E-state index < -0.39 is 0 Å². The maximum absolute atomic E-state index is 12.6. The highest BCUT2D eigenvalue weighted by Gasteiger charge is 2.19. The molecule has 1 amide bonds. The lowest BCUT2D eigenvalue weighted by molar-refractivity contribution is -0.134. The number of tetrazole rings is 1. The molecule has 1 aromatic carbocycles. The maximum Gasteiger partial charge on any atom is 0.227 e. The van der Waals surface area contributed by atoms with Crippen molar-refractivity contribution in [1.82, 2.24) is 25.1 Å². The minimum atomic E-state index is -0.00677. The minimum Gasteiger partial charge on any atom is -0.378 e. The number of ether oxygens (including phenoxy) is 1. The van der Waals surface area contributed by atoms with Gasteiger partial charge in [0.25, 0.3) is 0 Å². The molecule has 0 spiro atoms. The Morgan fingerprint density at radius 2 is 1.90 bits per heavy atom. The Balaban J connectivity index is 1.34. The van der Waals surface area contributed by atoms with Crippen molar-refractivity contribution >= 4 is 34.8 Å². The Hall–Kier alpha value is -2.56. The molecule has 4 rings (SSSR count). The zero-order valence-electron chi connectivity index (χ0n) is 15.6. The second-order valence-electron chi connectivity index (χ2n) is 6.36. The lowest BCUT2D eigenvalue weighted by Crippen LogP contribution is -2.41. The number of carbonyl (C=O) groups is 2. The molecule has 29 heavy (non-hydrogen) atoms. The normalized spacial score (nSPS) is 14.1. The molecule has 3 aromatic rings. The molecule has 10 heteroatoms. The molecule has 0 bridgehead atoms. The van der Waals surface area contributed by atoms with Gasteiger partial charge >= 0.3 is 0 Å². The predicted octanol–water partition coefficient (Wildman–Crippen LogP) is 2.10.